The van der Waals surface area contributed by atoms with Crippen molar-refractivity contribution in [3.8, 4) is 5.75 Å². The molecule has 3 heteroatoms. The summed E-state index contributed by atoms with van der Waals surface area (Å²) in [6, 6.07) is 17.8. The third kappa shape index (κ3) is 3.60. The lowest BCUT2D eigenvalue weighted by Gasteiger charge is -2.17. The van der Waals surface area contributed by atoms with Crippen molar-refractivity contribution in [2.45, 2.75) is 18.8 Å². The Balaban J connectivity index is 2.27. The fourth-order valence-corrected chi connectivity index (χ4v) is 2.32. The Morgan fingerprint density at radius 2 is 1.65 bits per heavy atom. The van der Waals surface area contributed by atoms with Crippen molar-refractivity contribution in [1.29, 1.82) is 0 Å². The maximum Gasteiger partial charge on any atom is 0.303 e. The highest BCUT2D eigenvalue weighted by atomic mass is 16.5. The Morgan fingerprint density at radius 1 is 1.05 bits per heavy atom. The van der Waals surface area contributed by atoms with Crippen LogP contribution in [0.4, 0.5) is 0 Å². The van der Waals surface area contributed by atoms with E-state index in [1.807, 2.05) is 54.6 Å². The lowest BCUT2D eigenvalue weighted by atomic mass is 9.87. The maximum atomic E-state index is 10.8. The number of hydrogen-bond donors (Lipinski definition) is 1. The Hall–Kier alpha value is -2.29. The van der Waals surface area contributed by atoms with E-state index in [2.05, 4.69) is 0 Å². The van der Waals surface area contributed by atoms with Gasteiger partial charge in [-0.2, -0.15) is 0 Å². The number of ether oxygens (including phenoxy) is 1. The van der Waals surface area contributed by atoms with Crippen molar-refractivity contribution in [1.82, 2.24) is 0 Å². The topological polar surface area (TPSA) is 46.5 Å². The fraction of sp³-hybridized carbons (Fsp3) is 0.235. The first-order valence-corrected chi connectivity index (χ1v) is 6.61. The molecule has 20 heavy (non-hydrogen) atoms. The second-order valence-corrected chi connectivity index (χ2v) is 4.67. The maximum absolute atomic E-state index is 10.8. The van der Waals surface area contributed by atoms with Crippen molar-refractivity contribution in [2.75, 3.05) is 7.11 Å². The summed E-state index contributed by atoms with van der Waals surface area (Å²) in [5.41, 5.74) is 2.25. The molecule has 0 saturated heterocycles. The number of carboxylic acids is 1. The van der Waals surface area contributed by atoms with Crippen molar-refractivity contribution < 1.29 is 14.6 Å². The Labute approximate surface area is 118 Å². The van der Waals surface area contributed by atoms with E-state index in [9.17, 15) is 4.79 Å². The largest absolute Gasteiger partial charge is 0.497 e. The van der Waals surface area contributed by atoms with Gasteiger partial charge in [-0.3, -0.25) is 4.79 Å². The van der Waals surface area contributed by atoms with Gasteiger partial charge in [-0.1, -0.05) is 42.5 Å². The van der Waals surface area contributed by atoms with Gasteiger partial charge >= 0.3 is 5.97 Å². The zero-order chi connectivity index (χ0) is 14.4. The first kappa shape index (κ1) is 14.1. The zero-order valence-corrected chi connectivity index (χ0v) is 11.5. The van der Waals surface area contributed by atoms with Gasteiger partial charge in [0.25, 0.3) is 0 Å². The van der Waals surface area contributed by atoms with Crippen LogP contribution >= 0.6 is 0 Å². The molecular weight excluding hydrogens is 252 g/mol. The van der Waals surface area contributed by atoms with Crippen LogP contribution in [-0.4, -0.2) is 18.2 Å². The van der Waals surface area contributed by atoms with Gasteiger partial charge in [0, 0.05) is 12.3 Å². The van der Waals surface area contributed by atoms with Gasteiger partial charge in [-0.25, -0.2) is 0 Å². The highest BCUT2D eigenvalue weighted by molar-refractivity contribution is 5.66. The Kier molecular flexibility index (Phi) is 4.77. The van der Waals surface area contributed by atoms with Crippen molar-refractivity contribution in [2.24, 2.45) is 0 Å². The summed E-state index contributed by atoms with van der Waals surface area (Å²) in [7, 11) is 1.63. The van der Waals surface area contributed by atoms with E-state index in [4.69, 9.17) is 9.84 Å². The second kappa shape index (κ2) is 6.75. The van der Waals surface area contributed by atoms with Crippen molar-refractivity contribution in [3.63, 3.8) is 0 Å². The molecule has 0 aliphatic rings. The van der Waals surface area contributed by atoms with E-state index < -0.39 is 5.97 Å². The van der Waals surface area contributed by atoms with Crippen LogP contribution in [-0.2, 0) is 4.79 Å². The van der Waals surface area contributed by atoms with E-state index in [1.54, 1.807) is 7.11 Å². The molecule has 0 radical (unpaired) electrons. The highest BCUT2D eigenvalue weighted by Crippen LogP contribution is 2.30. The molecule has 0 spiro atoms. The van der Waals surface area contributed by atoms with E-state index >= 15 is 0 Å². The minimum Gasteiger partial charge on any atom is -0.497 e. The van der Waals surface area contributed by atoms with Crippen LogP contribution in [0.3, 0.4) is 0 Å². The highest BCUT2D eigenvalue weighted by Gasteiger charge is 2.15. The first-order valence-electron chi connectivity index (χ1n) is 6.61. The van der Waals surface area contributed by atoms with E-state index in [1.165, 1.54) is 0 Å². The summed E-state index contributed by atoms with van der Waals surface area (Å²) in [5, 5.41) is 8.92. The van der Waals surface area contributed by atoms with E-state index in [0.29, 0.717) is 6.42 Å². The minimum atomic E-state index is -0.764. The summed E-state index contributed by atoms with van der Waals surface area (Å²) in [6.07, 6.45) is 0.747. The average molecular weight is 270 g/mol. The Bertz CT molecular complexity index is 546. The Morgan fingerprint density at radius 3 is 2.20 bits per heavy atom. The van der Waals surface area contributed by atoms with Gasteiger partial charge in [-0.15, -0.1) is 0 Å². The third-order valence-electron chi connectivity index (χ3n) is 3.37. The summed E-state index contributed by atoms with van der Waals surface area (Å²) < 4.78 is 5.16. The molecular formula is C17H18O3. The van der Waals surface area contributed by atoms with Crippen LogP contribution in [0.5, 0.6) is 5.75 Å². The van der Waals surface area contributed by atoms with Gasteiger partial charge in [0.2, 0.25) is 0 Å². The second-order valence-electron chi connectivity index (χ2n) is 4.67. The molecule has 1 N–H and O–H groups in total. The van der Waals surface area contributed by atoms with Gasteiger partial charge < -0.3 is 9.84 Å². The summed E-state index contributed by atoms with van der Waals surface area (Å²) in [4.78, 5) is 10.8. The van der Waals surface area contributed by atoms with Crippen LogP contribution < -0.4 is 4.74 Å². The summed E-state index contributed by atoms with van der Waals surface area (Å²) in [5.74, 6) is 0.136. The van der Waals surface area contributed by atoms with Crippen molar-refractivity contribution >= 4 is 5.97 Å². The van der Waals surface area contributed by atoms with Crippen molar-refractivity contribution in [3.05, 3.63) is 65.7 Å². The zero-order valence-electron chi connectivity index (χ0n) is 11.5. The fourth-order valence-electron chi connectivity index (χ4n) is 2.32. The molecule has 2 aromatic carbocycles. The molecule has 0 amide bonds. The van der Waals surface area contributed by atoms with Gasteiger partial charge in [0.05, 0.1) is 7.11 Å². The van der Waals surface area contributed by atoms with Crippen LogP contribution in [0.15, 0.2) is 54.6 Å². The number of aliphatic carboxylic acids is 1. The molecule has 0 aromatic heterocycles. The quantitative estimate of drug-likeness (QED) is 0.870. The summed E-state index contributed by atoms with van der Waals surface area (Å²) in [6.45, 7) is 0. The average Bonchev–Trinajstić information content (AvgIpc) is 2.49. The number of rotatable bonds is 6. The molecule has 104 valence electrons. The van der Waals surface area contributed by atoms with Crippen LogP contribution in [0.2, 0.25) is 0 Å². The molecule has 1 unspecified atom stereocenters. The normalized spacial score (nSPS) is 11.8. The molecule has 0 heterocycles. The third-order valence-corrected chi connectivity index (χ3v) is 3.37. The van der Waals surface area contributed by atoms with Gasteiger partial charge in [0.1, 0.15) is 5.75 Å². The predicted molar refractivity (Wildman–Crippen MR) is 78.1 cm³/mol. The van der Waals surface area contributed by atoms with E-state index in [-0.39, 0.29) is 12.3 Å². The summed E-state index contributed by atoms with van der Waals surface area (Å²) >= 11 is 0. The van der Waals surface area contributed by atoms with Crippen LogP contribution in [0.1, 0.15) is 29.9 Å². The SMILES string of the molecule is COc1ccc(C(CCC(=O)O)c2ccccc2)cc1. The smallest absolute Gasteiger partial charge is 0.303 e. The lowest BCUT2D eigenvalue weighted by Crippen LogP contribution is -2.05. The number of benzene rings is 2. The first-order chi connectivity index (χ1) is 9.70. The molecule has 3 nitrogen and oxygen atoms in total. The molecule has 0 saturated carbocycles. The number of carboxylic acid groups (broad SMARTS) is 1. The van der Waals surface area contributed by atoms with E-state index in [0.717, 1.165) is 16.9 Å². The molecule has 0 aliphatic carbocycles. The standard InChI is InChI=1S/C17H18O3/c1-20-15-9-7-14(8-10-15)16(11-12-17(18)19)13-5-3-2-4-6-13/h2-10,16H,11-12H2,1H3,(H,18,19). The molecule has 2 rings (SSSR count). The minimum absolute atomic E-state index is 0.0956. The van der Waals surface area contributed by atoms with Crippen LogP contribution in [0.25, 0.3) is 0 Å². The number of hydrogen-bond acceptors (Lipinski definition) is 2. The number of carbonyl (C=O) groups is 1. The monoisotopic (exact) mass is 270 g/mol. The molecule has 1 atom stereocenters. The molecule has 0 aliphatic heterocycles. The molecule has 0 bridgehead atoms. The van der Waals surface area contributed by atoms with Crippen LogP contribution in [0, 0.1) is 0 Å². The predicted octanol–water partition coefficient (Wildman–Crippen LogP) is 3.69. The number of methoxy groups -OCH3 is 1. The molecule has 0 fully saturated rings. The lowest BCUT2D eigenvalue weighted by molar-refractivity contribution is -0.137. The molecule has 2 aromatic rings. The van der Waals surface area contributed by atoms with Gasteiger partial charge in [0.15, 0.2) is 0 Å². The van der Waals surface area contributed by atoms with Gasteiger partial charge in [-0.05, 0) is 29.7 Å².